The van der Waals surface area contributed by atoms with Gasteiger partial charge in [-0.25, -0.2) is 4.98 Å². The van der Waals surface area contributed by atoms with Crippen molar-refractivity contribution in [1.29, 1.82) is 0 Å². The molecule has 0 atom stereocenters. The maximum Gasteiger partial charge on any atom is 0.218 e. The number of unbranched alkanes of at least 4 members (excludes halogenated alkanes) is 1. The molecule has 1 aromatic heterocycles. The summed E-state index contributed by atoms with van der Waals surface area (Å²) in [5.41, 5.74) is 0. The number of anilines is 1. The summed E-state index contributed by atoms with van der Waals surface area (Å²) >= 11 is 0. The van der Waals surface area contributed by atoms with Gasteiger partial charge in [0.25, 0.3) is 0 Å². The zero-order valence-corrected chi connectivity index (χ0v) is 14.9. The van der Waals surface area contributed by atoms with Crippen LogP contribution in [-0.4, -0.2) is 48.7 Å². The lowest BCUT2D eigenvalue weighted by atomic mass is 10.1. The van der Waals surface area contributed by atoms with E-state index in [0.717, 1.165) is 50.4 Å². The van der Waals surface area contributed by atoms with Gasteiger partial charge in [-0.3, -0.25) is 0 Å². The van der Waals surface area contributed by atoms with E-state index in [-0.39, 0.29) is 0 Å². The monoisotopic (exact) mass is 308 g/mol. The molecule has 0 saturated carbocycles. The second kappa shape index (κ2) is 10.4. The fourth-order valence-corrected chi connectivity index (χ4v) is 2.03. The Morgan fingerprint density at radius 1 is 1.23 bits per heavy atom. The van der Waals surface area contributed by atoms with E-state index in [9.17, 15) is 0 Å². The Morgan fingerprint density at radius 2 is 2.00 bits per heavy atom. The molecule has 5 nitrogen and oxygen atoms in total. The zero-order valence-electron chi connectivity index (χ0n) is 14.9. The number of ether oxygens (including phenoxy) is 1. The summed E-state index contributed by atoms with van der Waals surface area (Å²) < 4.78 is 5.75. The number of nitrogens with zero attached hydrogens (tertiary/aromatic N) is 3. The third kappa shape index (κ3) is 8.17. The van der Waals surface area contributed by atoms with E-state index in [1.807, 2.05) is 6.07 Å². The van der Waals surface area contributed by atoms with Crippen molar-refractivity contribution in [3.05, 3.63) is 11.9 Å². The molecule has 0 spiro atoms. The van der Waals surface area contributed by atoms with Crippen LogP contribution < -0.4 is 10.1 Å². The largest absolute Gasteiger partial charge is 0.478 e. The normalized spacial score (nSPS) is 11.2. The summed E-state index contributed by atoms with van der Waals surface area (Å²) in [7, 11) is 4.18. The Labute approximate surface area is 135 Å². The fourth-order valence-electron chi connectivity index (χ4n) is 2.03. The van der Waals surface area contributed by atoms with Crippen LogP contribution in [0.2, 0.25) is 0 Å². The molecule has 22 heavy (non-hydrogen) atoms. The maximum atomic E-state index is 5.75. The summed E-state index contributed by atoms with van der Waals surface area (Å²) in [5, 5.41) is 3.39. The van der Waals surface area contributed by atoms with Crippen molar-refractivity contribution in [3.63, 3.8) is 0 Å². The molecule has 0 aromatic carbocycles. The van der Waals surface area contributed by atoms with Crippen LogP contribution in [0.25, 0.3) is 0 Å². The molecule has 126 valence electrons. The molecular formula is C17H32N4O. The minimum atomic E-state index is 0.535. The van der Waals surface area contributed by atoms with E-state index in [1.165, 1.54) is 0 Å². The van der Waals surface area contributed by atoms with Crippen molar-refractivity contribution in [2.24, 2.45) is 5.92 Å². The first-order valence-corrected chi connectivity index (χ1v) is 8.40. The number of rotatable bonds is 11. The molecule has 1 N–H and O–H groups in total. The van der Waals surface area contributed by atoms with Crippen LogP contribution in [0.15, 0.2) is 6.07 Å². The average molecular weight is 308 g/mol. The Kier molecular flexibility index (Phi) is 8.82. The predicted molar refractivity (Wildman–Crippen MR) is 92.6 cm³/mol. The highest BCUT2D eigenvalue weighted by atomic mass is 16.5. The van der Waals surface area contributed by atoms with E-state index < -0.39 is 0 Å². The molecule has 1 heterocycles. The molecular weight excluding hydrogens is 276 g/mol. The van der Waals surface area contributed by atoms with Crippen molar-refractivity contribution in [2.75, 3.05) is 39.1 Å². The average Bonchev–Trinajstić information content (AvgIpc) is 2.43. The van der Waals surface area contributed by atoms with Crippen molar-refractivity contribution in [3.8, 4) is 5.88 Å². The molecule has 0 bridgehead atoms. The number of nitrogens with one attached hydrogen (secondary N) is 1. The van der Waals surface area contributed by atoms with Gasteiger partial charge in [0.2, 0.25) is 5.88 Å². The molecule has 0 amide bonds. The molecule has 1 rings (SSSR count). The smallest absolute Gasteiger partial charge is 0.218 e. The molecule has 0 aliphatic heterocycles. The van der Waals surface area contributed by atoms with Crippen LogP contribution in [-0.2, 0) is 6.42 Å². The predicted octanol–water partition coefficient (Wildman–Crippen LogP) is 3.22. The van der Waals surface area contributed by atoms with Gasteiger partial charge in [0.1, 0.15) is 11.6 Å². The number of hydrogen-bond donors (Lipinski definition) is 1. The molecule has 0 fully saturated rings. The van der Waals surface area contributed by atoms with E-state index in [0.29, 0.717) is 18.4 Å². The lowest BCUT2D eigenvalue weighted by Crippen LogP contribution is -2.17. The van der Waals surface area contributed by atoms with Gasteiger partial charge in [0, 0.05) is 19.0 Å². The SMILES string of the molecule is CCCCOc1cc(NCCCN(C)C)nc(CC(C)C)n1. The quantitative estimate of drug-likeness (QED) is 0.636. The Hall–Kier alpha value is -1.36. The van der Waals surface area contributed by atoms with Crippen molar-refractivity contribution in [1.82, 2.24) is 14.9 Å². The molecule has 0 unspecified atom stereocenters. The van der Waals surface area contributed by atoms with Crippen molar-refractivity contribution >= 4 is 5.82 Å². The van der Waals surface area contributed by atoms with Crippen LogP contribution in [0, 0.1) is 5.92 Å². The molecule has 1 aromatic rings. The lowest BCUT2D eigenvalue weighted by molar-refractivity contribution is 0.296. The maximum absolute atomic E-state index is 5.75. The minimum Gasteiger partial charge on any atom is -0.478 e. The third-order valence-electron chi connectivity index (χ3n) is 3.18. The van der Waals surface area contributed by atoms with Crippen LogP contribution in [0.3, 0.4) is 0 Å². The lowest BCUT2D eigenvalue weighted by Gasteiger charge is -2.13. The van der Waals surface area contributed by atoms with Gasteiger partial charge in [0.05, 0.1) is 6.61 Å². The second-order valence-corrected chi connectivity index (χ2v) is 6.39. The first-order valence-electron chi connectivity index (χ1n) is 8.40. The van der Waals surface area contributed by atoms with Crippen LogP contribution in [0.5, 0.6) is 5.88 Å². The van der Waals surface area contributed by atoms with Gasteiger partial charge in [-0.1, -0.05) is 27.2 Å². The zero-order chi connectivity index (χ0) is 16.4. The highest BCUT2D eigenvalue weighted by Gasteiger charge is 2.07. The molecule has 0 saturated heterocycles. The van der Waals surface area contributed by atoms with Gasteiger partial charge in [-0.15, -0.1) is 0 Å². The number of hydrogen-bond acceptors (Lipinski definition) is 5. The highest BCUT2D eigenvalue weighted by molar-refractivity contribution is 5.38. The van der Waals surface area contributed by atoms with Crippen LogP contribution in [0.1, 0.15) is 45.9 Å². The van der Waals surface area contributed by atoms with Gasteiger partial charge < -0.3 is 15.0 Å². The molecule has 0 aliphatic rings. The number of aromatic nitrogens is 2. The summed E-state index contributed by atoms with van der Waals surface area (Å²) in [6.07, 6.45) is 4.13. The topological polar surface area (TPSA) is 50.3 Å². The summed E-state index contributed by atoms with van der Waals surface area (Å²) in [6.45, 7) is 9.21. The van der Waals surface area contributed by atoms with Gasteiger partial charge in [-0.2, -0.15) is 4.98 Å². The van der Waals surface area contributed by atoms with Gasteiger partial charge in [-0.05, 0) is 39.4 Å². The fraction of sp³-hybridized carbons (Fsp3) is 0.765. The van der Waals surface area contributed by atoms with E-state index in [2.05, 4.69) is 55.1 Å². The van der Waals surface area contributed by atoms with Crippen LogP contribution in [0.4, 0.5) is 5.82 Å². The van der Waals surface area contributed by atoms with Gasteiger partial charge in [0.15, 0.2) is 0 Å². The van der Waals surface area contributed by atoms with Crippen molar-refractivity contribution < 1.29 is 4.74 Å². The Balaban J connectivity index is 2.65. The van der Waals surface area contributed by atoms with E-state index in [4.69, 9.17) is 4.74 Å². The summed E-state index contributed by atoms with van der Waals surface area (Å²) in [6, 6.07) is 1.91. The minimum absolute atomic E-state index is 0.535. The Morgan fingerprint density at radius 3 is 2.64 bits per heavy atom. The molecule has 0 aliphatic carbocycles. The van der Waals surface area contributed by atoms with Gasteiger partial charge >= 0.3 is 0 Å². The second-order valence-electron chi connectivity index (χ2n) is 6.39. The highest BCUT2D eigenvalue weighted by Crippen LogP contribution is 2.16. The molecule has 0 radical (unpaired) electrons. The first-order chi connectivity index (χ1) is 10.5. The van der Waals surface area contributed by atoms with E-state index in [1.54, 1.807) is 0 Å². The molecule has 5 heteroatoms. The standard InChI is InChI=1S/C17H32N4O/c1-6-7-11-22-17-13-15(18-9-8-10-21(4)5)19-16(20-17)12-14(2)3/h13-14H,6-12H2,1-5H3,(H,18,19,20). The van der Waals surface area contributed by atoms with Crippen LogP contribution >= 0.6 is 0 Å². The Bertz CT molecular complexity index is 421. The summed E-state index contributed by atoms with van der Waals surface area (Å²) in [5.74, 6) is 2.96. The summed E-state index contributed by atoms with van der Waals surface area (Å²) in [4.78, 5) is 11.3. The third-order valence-corrected chi connectivity index (χ3v) is 3.18. The van der Waals surface area contributed by atoms with E-state index >= 15 is 0 Å². The first kappa shape index (κ1) is 18.7. The van der Waals surface area contributed by atoms with Crippen molar-refractivity contribution in [2.45, 2.75) is 46.5 Å².